The molecule has 0 saturated heterocycles. The first kappa shape index (κ1) is 19.5. The Kier molecular flexibility index (Phi) is 12.2. The van der Waals surface area contributed by atoms with Gasteiger partial charge in [0.05, 0.1) is 0 Å². The fourth-order valence-corrected chi connectivity index (χ4v) is 1.54. The zero-order chi connectivity index (χ0) is 13.3. The second-order valence-corrected chi connectivity index (χ2v) is 4.12. The Morgan fingerprint density at radius 2 is 1.78 bits per heavy atom. The number of nitrogens with zero attached hydrogens (tertiary/aromatic N) is 1. The number of amides is 2. The first-order valence-electron chi connectivity index (χ1n) is 6.32. The smallest absolute Gasteiger partial charge is 0.222 e. The van der Waals surface area contributed by atoms with E-state index in [1.54, 1.807) is 4.90 Å². The van der Waals surface area contributed by atoms with Gasteiger partial charge in [-0.25, -0.2) is 0 Å². The minimum Gasteiger partial charge on any atom is -0.352 e. The number of carbonyl (C=O) groups excluding carboxylic acids is 2. The maximum atomic E-state index is 11.6. The largest absolute Gasteiger partial charge is 0.352 e. The molecule has 5 nitrogen and oxygen atoms in total. The van der Waals surface area contributed by atoms with E-state index in [1.165, 1.54) is 0 Å². The molecule has 0 aromatic heterocycles. The van der Waals surface area contributed by atoms with E-state index in [9.17, 15) is 9.59 Å². The summed E-state index contributed by atoms with van der Waals surface area (Å²) in [6, 6.07) is 0.000911. The molecule has 1 atom stereocenters. The molecule has 3 N–H and O–H groups in total. The molecule has 0 aromatic rings. The van der Waals surface area contributed by atoms with E-state index in [4.69, 9.17) is 5.73 Å². The molecule has 0 aliphatic heterocycles. The Balaban J connectivity index is 0. The number of rotatable bonds is 8. The van der Waals surface area contributed by atoms with E-state index in [-0.39, 0.29) is 30.3 Å². The van der Waals surface area contributed by atoms with Crippen molar-refractivity contribution in [3.63, 3.8) is 0 Å². The third kappa shape index (κ3) is 8.31. The molecular formula is C12H26ClN3O2. The van der Waals surface area contributed by atoms with Gasteiger partial charge in [-0.1, -0.05) is 0 Å². The van der Waals surface area contributed by atoms with Gasteiger partial charge in [0.25, 0.3) is 0 Å². The predicted molar refractivity (Wildman–Crippen MR) is 75.7 cm³/mol. The van der Waals surface area contributed by atoms with Gasteiger partial charge < -0.3 is 16.0 Å². The van der Waals surface area contributed by atoms with E-state index in [1.807, 2.05) is 20.8 Å². The summed E-state index contributed by atoms with van der Waals surface area (Å²) in [4.78, 5) is 24.8. The Morgan fingerprint density at radius 1 is 1.22 bits per heavy atom. The lowest BCUT2D eigenvalue weighted by molar-refractivity contribution is -0.131. The molecule has 18 heavy (non-hydrogen) atoms. The highest BCUT2D eigenvalue weighted by Gasteiger charge is 2.11. The van der Waals surface area contributed by atoms with Crippen molar-refractivity contribution in [1.82, 2.24) is 10.2 Å². The molecule has 0 rings (SSSR count). The highest BCUT2D eigenvalue weighted by molar-refractivity contribution is 5.85. The van der Waals surface area contributed by atoms with Gasteiger partial charge in [-0.15, -0.1) is 12.4 Å². The van der Waals surface area contributed by atoms with Crippen molar-refractivity contribution in [1.29, 1.82) is 0 Å². The summed E-state index contributed by atoms with van der Waals surface area (Å²) in [5, 5.41) is 2.77. The summed E-state index contributed by atoms with van der Waals surface area (Å²) in [7, 11) is 0. The zero-order valence-electron chi connectivity index (χ0n) is 11.6. The number of hydrogen-bond acceptors (Lipinski definition) is 3. The summed E-state index contributed by atoms with van der Waals surface area (Å²) in [5.74, 6) is 0.0879. The predicted octanol–water partition coefficient (Wildman–Crippen LogP) is 0.910. The van der Waals surface area contributed by atoms with Gasteiger partial charge in [0.2, 0.25) is 11.8 Å². The van der Waals surface area contributed by atoms with Crippen LogP contribution >= 0.6 is 12.4 Å². The lowest BCUT2D eigenvalue weighted by Crippen LogP contribution is -2.37. The highest BCUT2D eigenvalue weighted by atomic mass is 35.5. The van der Waals surface area contributed by atoms with Crippen molar-refractivity contribution in [3.05, 3.63) is 0 Å². The van der Waals surface area contributed by atoms with Crippen LogP contribution in [0.2, 0.25) is 0 Å². The molecule has 6 heteroatoms. The van der Waals surface area contributed by atoms with Crippen molar-refractivity contribution >= 4 is 24.2 Å². The van der Waals surface area contributed by atoms with Crippen LogP contribution < -0.4 is 11.1 Å². The number of nitrogens with two attached hydrogens (primary N) is 1. The lowest BCUT2D eigenvalue weighted by atomic mass is 10.2. The Labute approximate surface area is 116 Å². The Hall–Kier alpha value is -0.810. The monoisotopic (exact) mass is 279 g/mol. The zero-order valence-corrected chi connectivity index (χ0v) is 12.4. The normalized spacial score (nSPS) is 11.3. The van der Waals surface area contributed by atoms with Crippen LogP contribution in [0.5, 0.6) is 0 Å². The van der Waals surface area contributed by atoms with E-state index in [0.29, 0.717) is 25.8 Å². The average molecular weight is 280 g/mol. The Morgan fingerprint density at radius 3 is 2.22 bits per heavy atom. The van der Waals surface area contributed by atoms with Gasteiger partial charge in [-0.3, -0.25) is 9.59 Å². The first-order valence-corrected chi connectivity index (χ1v) is 6.32. The van der Waals surface area contributed by atoms with Gasteiger partial charge in [-0.05, 0) is 27.2 Å². The molecule has 0 aromatic carbocycles. The fraction of sp³-hybridized carbons (Fsp3) is 0.833. The summed E-state index contributed by atoms with van der Waals surface area (Å²) in [6.07, 6.45) is 1.42. The molecule has 0 bridgehead atoms. The summed E-state index contributed by atoms with van der Waals surface area (Å²) >= 11 is 0. The van der Waals surface area contributed by atoms with Crippen molar-refractivity contribution < 1.29 is 9.59 Å². The summed E-state index contributed by atoms with van der Waals surface area (Å²) in [5.41, 5.74) is 5.40. The van der Waals surface area contributed by atoms with Gasteiger partial charge >= 0.3 is 0 Å². The van der Waals surface area contributed by atoms with Crippen LogP contribution in [-0.2, 0) is 9.59 Å². The fourth-order valence-electron chi connectivity index (χ4n) is 1.54. The van der Waals surface area contributed by atoms with Crippen molar-refractivity contribution in [3.8, 4) is 0 Å². The third-order valence-electron chi connectivity index (χ3n) is 2.67. The molecule has 0 fully saturated rings. The van der Waals surface area contributed by atoms with E-state index < -0.39 is 0 Å². The van der Waals surface area contributed by atoms with Crippen LogP contribution in [0.15, 0.2) is 0 Å². The molecule has 0 aliphatic rings. The second kappa shape index (κ2) is 11.3. The van der Waals surface area contributed by atoms with Crippen LogP contribution in [0.25, 0.3) is 0 Å². The molecule has 0 saturated carbocycles. The maximum Gasteiger partial charge on any atom is 0.222 e. The minimum absolute atomic E-state index is 0. The minimum atomic E-state index is -0.0321. The number of carbonyl (C=O) groups is 2. The average Bonchev–Trinajstić information content (AvgIpc) is 2.30. The quantitative estimate of drug-likeness (QED) is 0.693. The van der Waals surface area contributed by atoms with Crippen molar-refractivity contribution in [2.45, 2.75) is 46.1 Å². The van der Waals surface area contributed by atoms with Crippen molar-refractivity contribution in [2.24, 2.45) is 5.73 Å². The maximum absolute atomic E-state index is 11.6. The van der Waals surface area contributed by atoms with E-state index >= 15 is 0 Å². The molecule has 0 spiro atoms. The van der Waals surface area contributed by atoms with Gasteiger partial charge in [0, 0.05) is 38.5 Å². The van der Waals surface area contributed by atoms with Crippen LogP contribution in [-0.4, -0.2) is 42.4 Å². The first-order chi connectivity index (χ1) is 8.04. The van der Waals surface area contributed by atoms with Gasteiger partial charge in [0.1, 0.15) is 0 Å². The molecule has 0 heterocycles. The molecule has 108 valence electrons. The van der Waals surface area contributed by atoms with Crippen LogP contribution in [0.3, 0.4) is 0 Å². The van der Waals surface area contributed by atoms with Crippen molar-refractivity contribution in [2.75, 3.05) is 19.6 Å². The summed E-state index contributed by atoms with van der Waals surface area (Å²) < 4.78 is 0. The number of nitrogens with one attached hydrogen (secondary N) is 1. The standard InChI is InChI=1S/C12H25N3O2.ClH/c1-4-15(5-2)12(17)8-6-7-11(16)14-10(3)9-13;/h10H,4-9,13H2,1-3H3,(H,14,16);1H/t10-;/m0./s1. The second-order valence-electron chi connectivity index (χ2n) is 4.12. The highest BCUT2D eigenvalue weighted by Crippen LogP contribution is 2.01. The van der Waals surface area contributed by atoms with E-state index in [2.05, 4.69) is 5.32 Å². The van der Waals surface area contributed by atoms with Gasteiger partial charge in [-0.2, -0.15) is 0 Å². The lowest BCUT2D eigenvalue weighted by Gasteiger charge is -2.18. The molecule has 2 amide bonds. The SMILES string of the molecule is CCN(CC)C(=O)CCCC(=O)N[C@@H](C)CN.Cl. The van der Waals surface area contributed by atoms with Gasteiger partial charge in [0.15, 0.2) is 0 Å². The molecule has 0 unspecified atom stereocenters. The van der Waals surface area contributed by atoms with Crippen LogP contribution in [0, 0.1) is 0 Å². The third-order valence-corrected chi connectivity index (χ3v) is 2.67. The molecule has 0 aliphatic carbocycles. The molecule has 0 radical (unpaired) electrons. The van der Waals surface area contributed by atoms with Crippen LogP contribution in [0.4, 0.5) is 0 Å². The Bertz CT molecular complexity index is 245. The summed E-state index contributed by atoms with van der Waals surface area (Å²) in [6.45, 7) is 7.66. The topological polar surface area (TPSA) is 75.4 Å². The van der Waals surface area contributed by atoms with Crippen LogP contribution in [0.1, 0.15) is 40.0 Å². The number of halogens is 1. The molecular weight excluding hydrogens is 254 g/mol. The number of hydrogen-bond donors (Lipinski definition) is 2. The van der Waals surface area contributed by atoms with E-state index in [0.717, 1.165) is 13.1 Å².